The Bertz CT molecular complexity index is 1710. The van der Waals surface area contributed by atoms with Gasteiger partial charge in [0.15, 0.2) is 6.29 Å². The van der Waals surface area contributed by atoms with E-state index in [9.17, 15) is 18.3 Å². The Kier molecular flexibility index (Phi) is 10.3. The van der Waals surface area contributed by atoms with Crippen molar-refractivity contribution in [2.45, 2.75) is 56.1 Å². The van der Waals surface area contributed by atoms with E-state index in [1.807, 2.05) is 61.7 Å². The van der Waals surface area contributed by atoms with Gasteiger partial charge in [0.2, 0.25) is 15.8 Å². The lowest BCUT2D eigenvalue weighted by molar-refractivity contribution is -0.0907. The molecular weight excluding hydrogens is 645 g/mol. The van der Waals surface area contributed by atoms with Crippen molar-refractivity contribution < 1.29 is 37.1 Å². The fourth-order valence-electron chi connectivity index (χ4n) is 5.80. The van der Waals surface area contributed by atoms with Crippen molar-refractivity contribution in [3.8, 4) is 22.2 Å². The number of aromatic nitrogens is 2. The first-order valence-electron chi connectivity index (χ1n) is 15.6. The van der Waals surface area contributed by atoms with E-state index in [0.29, 0.717) is 23.9 Å². The maximum atomic E-state index is 14.0. The van der Waals surface area contributed by atoms with Gasteiger partial charge >= 0.3 is 6.09 Å². The first-order chi connectivity index (χ1) is 22.7. The molecule has 0 spiro atoms. The van der Waals surface area contributed by atoms with Crippen LogP contribution in [0.25, 0.3) is 22.2 Å². The highest BCUT2D eigenvalue weighted by atomic mass is 32.2. The number of hydrogen-bond donors (Lipinski definition) is 2. The summed E-state index contributed by atoms with van der Waals surface area (Å²) in [4.78, 5) is 18.4. The van der Waals surface area contributed by atoms with Gasteiger partial charge in [-0.1, -0.05) is 55.4 Å². The molecule has 2 aliphatic heterocycles. The van der Waals surface area contributed by atoms with Gasteiger partial charge < -0.3 is 29.2 Å². The van der Waals surface area contributed by atoms with Crippen LogP contribution >= 0.6 is 11.3 Å². The van der Waals surface area contributed by atoms with Crippen LogP contribution in [0.5, 0.6) is 0 Å². The molecule has 250 valence electrons. The zero-order valence-corrected chi connectivity index (χ0v) is 27.7. The van der Waals surface area contributed by atoms with Gasteiger partial charge in [-0.15, -0.1) is 11.3 Å². The molecule has 47 heavy (non-hydrogen) atoms. The number of ether oxygens (including phenoxy) is 3. The molecule has 0 saturated carbocycles. The molecule has 14 heteroatoms. The zero-order valence-electron chi connectivity index (χ0n) is 26.1. The summed E-state index contributed by atoms with van der Waals surface area (Å²) in [6.07, 6.45) is -1.81. The minimum Gasteiger partial charge on any atom is -0.443 e. The second-order valence-electron chi connectivity index (χ2n) is 12.1. The van der Waals surface area contributed by atoms with Gasteiger partial charge in [-0.2, -0.15) is 9.29 Å². The highest BCUT2D eigenvalue weighted by molar-refractivity contribution is 7.89. The van der Waals surface area contributed by atoms with E-state index in [4.69, 9.17) is 18.7 Å². The predicted octanol–water partition coefficient (Wildman–Crippen LogP) is 4.57. The summed E-state index contributed by atoms with van der Waals surface area (Å²) in [6, 6.07) is 18.5. The third-order valence-corrected chi connectivity index (χ3v) is 10.9. The molecule has 0 radical (unpaired) electrons. The predicted molar refractivity (Wildman–Crippen MR) is 174 cm³/mol. The first-order valence-corrected chi connectivity index (χ1v) is 17.9. The largest absolute Gasteiger partial charge is 0.443 e. The standard InChI is InChI=1S/C33H38N4O8S2/c1-21(2)18-37(47(40,41)24-12-10-23(11-13-24)30-35-31(45-36-30)29-9-6-16-46-29)19-27(38)26(17-22-7-4-3-5-8-22)34-33(39)44-28-20-43-32-25(28)14-15-42-32/h3-13,16,21,25-28,32,38H,14-15,17-20H2,1-2H3,(H,34,39)/t25?,26-,27+,28?,32?/m0/s1. The van der Waals surface area contributed by atoms with Gasteiger partial charge in [0.25, 0.3) is 5.89 Å². The molecule has 3 unspecified atom stereocenters. The lowest BCUT2D eigenvalue weighted by atomic mass is 10.0. The lowest BCUT2D eigenvalue weighted by Gasteiger charge is -2.31. The molecule has 2 N–H and O–H groups in total. The van der Waals surface area contributed by atoms with Crippen LogP contribution in [-0.2, 0) is 30.7 Å². The normalized spacial score (nSPS) is 20.7. The van der Waals surface area contributed by atoms with Crippen molar-refractivity contribution in [1.82, 2.24) is 19.8 Å². The second-order valence-corrected chi connectivity index (χ2v) is 15.0. The number of rotatable bonds is 13. The SMILES string of the molecule is CC(C)CN(C[C@@H](O)[C@H](Cc1ccccc1)NC(=O)OC1COC2OCCC12)S(=O)(=O)c1ccc(-c2noc(-c3cccs3)n2)cc1. The van der Waals surface area contributed by atoms with Crippen molar-refractivity contribution in [1.29, 1.82) is 0 Å². The molecule has 2 fully saturated rings. The summed E-state index contributed by atoms with van der Waals surface area (Å²) in [6.45, 7) is 4.49. The number of aliphatic hydroxyl groups is 1. The number of carbonyl (C=O) groups excluding carboxylic acids is 1. The van der Waals surface area contributed by atoms with Crippen molar-refractivity contribution in [3.05, 3.63) is 77.7 Å². The molecule has 1 amide bonds. The van der Waals surface area contributed by atoms with Crippen LogP contribution in [0.3, 0.4) is 0 Å². The van der Waals surface area contributed by atoms with Gasteiger partial charge in [0, 0.05) is 18.7 Å². The van der Waals surface area contributed by atoms with Crippen molar-refractivity contribution in [2.24, 2.45) is 11.8 Å². The molecule has 4 heterocycles. The third kappa shape index (κ3) is 7.91. The molecule has 6 rings (SSSR count). The van der Waals surface area contributed by atoms with Gasteiger partial charge in [-0.3, -0.25) is 0 Å². The monoisotopic (exact) mass is 682 g/mol. The van der Waals surface area contributed by atoms with Crippen molar-refractivity contribution in [3.63, 3.8) is 0 Å². The quantitative estimate of drug-likeness (QED) is 0.205. The summed E-state index contributed by atoms with van der Waals surface area (Å²) in [5, 5.41) is 20.3. The summed E-state index contributed by atoms with van der Waals surface area (Å²) >= 11 is 1.48. The van der Waals surface area contributed by atoms with E-state index in [1.165, 1.54) is 27.8 Å². The highest BCUT2D eigenvalue weighted by Crippen LogP contribution is 2.33. The average molecular weight is 683 g/mol. The number of aliphatic hydroxyl groups excluding tert-OH is 1. The Balaban J connectivity index is 1.18. The summed E-state index contributed by atoms with van der Waals surface area (Å²) in [7, 11) is -4.05. The Hall–Kier alpha value is -3.66. The van der Waals surface area contributed by atoms with E-state index in [1.54, 1.807) is 12.1 Å². The number of hydrogen-bond acceptors (Lipinski definition) is 11. The molecule has 2 aromatic heterocycles. The maximum Gasteiger partial charge on any atom is 0.407 e. The summed E-state index contributed by atoms with van der Waals surface area (Å²) in [5.41, 5.74) is 1.46. The smallest absolute Gasteiger partial charge is 0.407 e. The number of sulfonamides is 1. The van der Waals surface area contributed by atoms with E-state index in [0.717, 1.165) is 16.9 Å². The van der Waals surface area contributed by atoms with Crippen LogP contribution in [0.15, 0.2) is 81.5 Å². The number of alkyl carbamates (subject to hydrolysis) is 1. The molecule has 12 nitrogen and oxygen atoms in total. The van der Waals surface area contributed by atoms with E-state index in [2.05, 4.69) is 15.5 Å². The van der Waals surface area contributed by atoms with E-state index >= 15 is 0 Å². The van der Waals surface area contributed by atoms with Crippen LogP contribution in [0.2, 0.25) is 0 Å². The van der Waals surface area contributed by atoms with Gasteiger partial charge in [0.1, 0.15) is 6.10 Å². The van der Waals surface area contributed by atoms with Gasteiger partial charge in [-0.25, -0.2) is 13.2 Å². The molecule has 0 aliphatic carbocycles. The first kappa shape index (κ1) is 33.2. The number of carbonyl (C=O) groups is 1. The number of fused-ring (bicyclic) bond motifs is 1. The fourth-order valence-corrected chi connectivity index (χ4v) is 8.07. The van der Waals surface area contributed by atoms with Crippen molar-refractivity contribution in [2.75, 3.05) is 26.3 Å². The second kappa shape index (κ2) is 14.6. The lowest BCUT2D eigenvalue weighted by Crippen LogP contribution is -2.51. The van der Waals surface area contributed by atoms with Gasteiger partial charge in [0.05, 0.1) is 41.1 Å². The average Bonchev–Trinajstić information content (AvgIpc) is 3.87. The Labute approximate surface area is 277 Å². The van der Waals surface area contributed by atoms with E-state index < -0.39 is 34.4 Å². The van der Waals surface area contributed by atoms with E-state index in [-0.39, 0.29) is 49.1 Å². The molecule has 5 atom stereocenters. The molecule has 0 bridgehead atoms. The molecule has 4 aromatic rings. The third-order valence-electron chi connectivity index (χ3n) is 8.18. The Morgan fingerprint density at radius 2 is 1.87 bits per heavy atom. The number of amides is 1. The van der Waals surface area contributed by atoms with Crippen LogP contribution < -0.4 is 5.32 Å². The zero-order chi connectivity index (χ0) is 33.0. The van der Waals surface area contributed by atoms with Crippen molar-refractivity contribution >= 4 is 27.5 Å². The molecular formula is C33H38N4O8S2. The Morgan fingerprint density at radius 1 is 1.09 bits per heavy atom. The Morgan fingerprint density at radius 3 is 2.60 bits per heavy atom. The van der Waals surface area contributed by atoms with Crippen LogP contribution in [-0.4, -0.2) is 84.9 Å². The van der Waals surface area contributed by atoms with Crippen LogP contribution in [0.4, 0.5) is 4.79 Å². The molecule has 2 aromatic carbocycles. The topological polar surface area (TPSA) is 153 Å². The molecule has 2 saturated heterocycles. The number of benzene rings is 2. The number of nitrogens with zero attached hydrogens (tertiary/aromatic N) is 3. The van der Waals surface area contributed by atoms with Crippen LogP contribution in [0.1, 0.15) is 25.8 Å². The molecule has 2 aliphatic rings. The highest BCUT2D eigenvalue weighted by Gasteiger charge is 2.44. The summed E-state index contributed by atoms with van der Waals surface area (Å²) < 4.78 is 51.4. The number of thiophene rings is 1. The fraction of sp³-hybridized carbons (Fsp3) is 0.424. The summed E-state index contributed by atoms with van der Waals surface area (Å²) in [5.74, 6) is 0.647. The van der Waals surface area contributed by atoms with Gasteiger partial charge in [-0.05, 0) is 60.0 Å². The minimum absolute atomic E-state index is 0.0410. The number of nitrogens with one attached hydrogen (secondary N) is 1. The minimum atomic E-state index is -4.05. The van der Waals surface area contributed by atoms with Crippen LogP contribution in [0, 0.1) is 11.8 Å². The maximum absolute atomic E-state index is 14.0.